The van der Waals surface area contributed by atoms with Gasteiger partial charge in [0.05, 0.1) is 39.2 Å². The van der Waals surface area contributed by atoms with Crippen LogP contribution in [0.25, 0.3) is 31.6 Å². The number of carboxylic acid groups (broad SMARTS) is 1. The molecule has 0 saturated heterocycles. The summed E-state index contributed by atoms with van der Waals surface area (Å²) in [5.74, 6) is -0.204. The van der Waals surface area contributed by atoms with Gasteiger partial charge in [0.25, 0.3) is 0 Å². The minimum atomic E-state index is -1.00. The number of fused-ring (bicyclic) bond motifs is 2. The lowest BCUT2D eigenvalue weighted by Gasteiger charge is -2.40. The second kappa shape index (κ2) is 7.57. The van der Waals surface area contributed by atoms with Crippen LogP contribution in [-0.2, 0) is 0 Å². The van der Waals surface area contributed by atoms with Gasteiger partial charge in [-0.2, -0.15) is 0 Å². The first kappa shape index (κ1) is 20.9. The fourth-order valence-corrected chi connectivity index (χ4v) is 5.95. The SMILES string of the molecule is Cc1c(-c2cc(C(=O)O)c3c(OC[C@H]4C[C@@](C)(O)C4)ccc(C)c3n2)sc2ccccc12. The number of carbonyl (C=O) groups is 1. The molecule has 6 heteroatoms. The van der Waals surface area contributed by atoms with Gasteiger partial charge >= 0.3 is 5.97 Å². The first-order valence-electron chi connectivity index (χ1n) is 10.7. The second-order valence-electron chi connectivity index (χ2n) is 9.10. The maximum absolute atomic E-state index is 12.3. The maximum Gasteiger partial charge on any atom is 0.336 e. The molecule has 1 aliphatic rings. The Morgan fingerprint density at radius 3 is 2.66 bits per heavy atom. The van der Waals surface area contributed by atoms with Crippen molar-refractivity contribution in [1.29, 1.82) is 0 Å². The fourth-order valence-electron chi connectivity index (χ4n) is 4.78. The maximum atomic E-state index is 12.3. The van der Waals surface area contributed by atoms with E-state index in [0.717, 1.165) is 26.1 Å². The first-order valence-corrected chi connectivity index (χ1v) is 11.6. The molecule has 0 atom stereocenters. The number of hydrogen-bond donors (Lipinski definition) is 2. The van der Waals surface area contributed by atoms with Crippen LogP contribution in [0.5, 0.6) is 5.75 Å². The zero-order valence-corrected chi connectivity index (χ0v) is 19.1. The van der Waals surface area contributed by atoms with Gasteiger partial charge < -0.3 is 14.9 Å². The Kier molecular flexibility index (Phi) is 4.95. The van der Waals surface area contributed by atoms with E-state index in [4.69, 9.17) is 9.72 Å². The van der Waals surface area contributed by atoms with Crippen molar-refractivity contribution in [2.45, 2.75) is 39.2 Å². The topological polar surface area (TPSA) is 79.7 Å². The van der Waals surface area contributed by atoms with E-state index in [1.807, 2.05) is 38.1 Å². The third kappa shape index (κ3) is 3.53. The summed E-state index contributed by atoms with van der Waals surface area (Å²) < 4.78 is 7.22. The van der Waals surface area contributed by atoms with Crippen molar-refractivity contribution in [2.24, 2.45) is 5.92 Å². The summed E-state index contributed by atoms with van der Waals surface area (Å²) in [5, 5.41) is 21.7. The first-order chi connectivity index (χ1) is 15.2. The number of nitrogens with zero attached hydrogens (tertiary/aromatic N) is 1. The second-order valence-corrected chi connectivity index (χ2v) is 10.2. The Bertz CT molecular complexity index is 1360. The molecule has 0 radical (unpaired) electrons. The molecule has 0 amide bonds. The van der Waals surface area contributed by atoms with Crippen molar-refractivity contribution in [2.75, 3.05) is 6.61 Å². The molecule has 0 spiro atoms. The molecule has 1 saturated carbocycles. The largest absolute Gasteiger partial charge is 0.493 e. The number of pyridine rings is 1. The Balaban J connectivity index is 1.62. The summed E-state index contributed by atoms with van der Waals surface area (Å²) in [6.45, 7) is 6.27. The van der Waals surface area contributed by atoms with Crippen LogP contribution < -0.4 is 4.74 Å². The highest BCUT2D eigenvalue weighted by atomic mass is 32.1. The zero-order chi connectivity index (χ0) is 22.6. The number of thiophene rings is 1. The summed E-state index contributed by atoms with van der Waals surface area (Å²) in [6.07, 6.45) is 1.38. The van der Waals surface area contributed by atoms with Gasteiger partial charge in [-0.1, -0.05) is 24.3 Å². The molecule has 0 bridgehead atoms. The Morgan fingerprint density at radius 1 is 1.22 bits per heavy atom. The lowest BCUT2D eigenvalue weighted by atomic mass is 9.73. The van der Waals surface area contributed by atoms with Gasteiger partial charge in [0, 0.05) is 4.70 Å². The molecule has 0 unspecified atom stereocenters. The van der Waals surface area contributed by atoms with E-state index in [1.54, 1.807) is 17.4 Å². The lowest BCUT2D eigenvalue weighted by molar-refractivity contribution is -0.0689. The molecule has 5 nitrogen and oxygen atoms in total. The molecule has 2 N–H and O–H groups in total. The molecule has 1 aliphatic carbocycles. The van der Waals surface area contributed by atoms with Crippen LogP contribution in [0.2, 0.25) is 0 Å². The van der Waals surface area contributed by atoms with E-state index in [2.05, 4.69) is 19.1 Å². The molecular weight excluding hydrogens is 422 g/mol. The molecule has 2 aromatic heterocycles. The van der Waals surface area contributed by atoms with E-state index >= 15 is 0 Å². The lowest BCUT2D eigenvalue weighted by Crippen LogP contribution is -2.43. The fraction of sp³-hybridized carbons (Fsp3) is 0.308. The van der Waals surface area contributed by atoms with Crippen molar-refractivity contribution in [3.63, 3.8) is 0 Å². The van der Waals surface area contributed by atoms with Crippen LogP contribution in [0.1, 0.15) is 41.3 Å². The van der Waals surface area contributed by atoms with Crippen LogP contribution in [-0.4, -0.2) is 33.4 Å². The van der Waals surface area contributed by atoms with Crippen molar-refractivity contribution in [1.82, 2.24) is 4.98 Å². The van der Waals surface area contributed by atoms with Crippen LogP contribution >= 0.6 is 11.3 Å². The van der Waals surface area contributed by atoms with E-state index in [-0.39, 0.29) is 11.5 Å². The summed E-state index contributed by atoms with van der Waals surface area (Å²) in [4.78, 5) is 18.2. The van der Waals surface area contributed by atoms with Crippen molar-refractivity contribution < 1.29 is 19.7 Å². The summed E-state index contributed by atoms with van der Waals surface area (Å²) in [5.41, 5.74) is 2.91. The van der Waals surface area contributed by atoms with Gasteiger partial charge in [0.1, 0.15) is 5.75 Å². The van der Waals surface area contributed by atoms with E-state index in [0.29, 0.717) is 41.8 Å². The number of hydrogen-bond acceptors (Lipinski definition) is 5. The van der Waals surface area contributed by atoms with Crippen molar-refractivity contribution >= 4 is 38.3 Å². The molecule has 164 valence electrons. The van der Waals surface area contributed by atoms with Gasteiger partial charge in [-0.15, -0.1) is 11.3 Å². The minimum absolute atomic E-state index is 0.196. The number of benzene rings is 2. The van der Waals surface area contributed by atoms with E-state index in [9.17, 15) is 15.0 Å². The summed E-state index contributed by atoms with van der Waals surface area (Å²) in [6, 6.07) is 13.6. The number of aromatic carboxylic acids is 1. The van der Waals surface area contributed by atoms with Crippen molar-refractivity contribution in [3.05, 3.63) is 59.2 Å². The highest BCUT2D eigenvalue weighted by Crippen LogP contribution is 2.41. The van der Waals surface area contributed by atoms with Gasteiger partial charge in [0.2, 0.25) is 0 Å². The number of aromatic nitrogens is 1. The van der Waals surface area contributed by atoms with Gasteiger partial charge in [-0.3, -0.25) is 0 Å². The average molecular weight is 448 g/mol. The van der Waals surface area contributed by atoms with Crippen LogP contribution in [0, 0.1) is 19.8 Å². The molecular formula is C26H25NO4S. The number of carboxylic acids is 1. The zero-order valence-electron chi connectivity index (χ0n) is 18.3. The Labute approximate surface area is 190 Å². The standard InChI is InChI=1S/C26H25NO4S/c1-14-8-9-20(31-13-16-11-26(3,30)12-16)22-18(25(28)29)10-19(27-23(14)22)24-15(2)17-6-4-5-7-21(17)32-24/h4-10,16,30H,11-13H2,1-3H3,(H,28,29)/t16-,26+. The smallest absolute Gasteiger partial charge is 0.336 e. The molecule has 4 aromatic rings. The number of rotatable bonds is 5. The van der Waals surface area contributed by atoms with Gasteiger partial charge in [0.15, 0.2) is 0 Å². The summed E-state index contributed by atoms with van der Waals surface area (Å²) >= 11 is 1.63. The van der Waals surface area contributed by atoms with E-state index in [1.165, 1.54) is 0 Å². The molecule has 2 aromatic carbocycles. The quantitative estimate of drug-likeness (QED) is 0.394. The third-order valence-electron chi connectivity index (χ3n) is 6.36. The van der Waals surface area contributed by atoms with Crippen molar-refractivity contribution in [3.8, 4) is 16.3 Å². The number of ether oxygens (including phenoxy) is 1. The molecule has 0 aliphatic heterocycles. The molecule has 32 heavy (non-hydrogen) atoms. The van der Waals surface area contributed by atoms with Crippen LogP contribution in [0.3, 0.4) is 0 Å². The predicted molar refractivity (Wildman–Crippen MR) is 128 cm³/mol. The van der Waals surface area contributed by atoms with E-state index < -0.39 is 11.6 Å². The third-order valence-corrected chi connectivity index (χ3v) is 7.66. The van der Waals surface area contributed by atoms with Gasteiger partial charge in [-0.25, -0.2) is 9.78 Å². The Morgan fingerprint density at radius 2 is 1.97 bits per heavy atom. The monoisotopic (exact) mass is 447 g/mol. The minimum Gasteiger partial charge on any atom is -0.493 e. The highest BCUT2D eigenvalue weighted by Gasteiger charge is 2.38. The summed E-state index contributed by atoms with van der Waals surface area (Å²) in [7, 11) is 0. The highest BCUT2D eigenvalue weighted by molar-refractivity contribution is 7.22. The predicted octanol–water partition coefficient (Wildman–Crippen LogP) is 5.97. The Hall–Kier alpha value is -2.96. The van der Waals surface area contributed by atoms with Gasteiger partial charge in [-0.05, 0) is 74.2 Å². The van der Waals surface area contributed by atoms with Crippen LogP contribution in [0.4, 0.5) is 0 Å². The molecule has 5 rings (SSSR count). The number of aliphatic hydroxyl groups is 1. The normalized spacial score (nSPS) is 20.4. The number of aryl methyl sites for hydroxylation is 2. The average Bonchev–Trinajstić information content (AvgIpc) is 3.08. The molecule has 1 fully saturated rings. The molecule has 2 heterocycles. The van der Waals surface area contributed by atoms with Crippen LogP contribution in [0.15, 0.2) is 42.5 Å².